The van der Waals surface area contributed by atoms with Gasteiger partial charge in [0.1, 0.15) is 5.92 Å². The number of nitriles is 1. The Bertz CT molecular complexity index is 675. The van der Waals surface area contributed by atoms with Crippen LogP contribution in [0.15, 0.2) is 30.3 Å². The molecule has 0 saturated heterocycles. The van der Waals surface area contributed by atoms with E-state index in [0.29, 0.717) is 12.0 Å². The van der Waals surface area contributed by atoms with Crippen LogP contribution in [0.5, 0.6) is 0 Å². The fourth-order valence-electron chi connectivity index (χ4n) is 5.61. The van der Waals surface area contributed by atoms with Crippen LogP contribution in [0.25, 0.3) is 0 Å². The summed E-state index contributed by atoms with van der Waals surface area (Å²) < 4.78 is 0. The van der Waals surface area contributed by atoms with Gasteiger partial charge in [0.05, 0.1) is 6.07 Å². The summed E-state index contributed by atoms with van der Waals surface area (Å²) in [6.45, 7) is 7.40. The summed E-state index contributed by atoms with van der Waals surface area (Å²) >= 11 is 0. The van der Waals surface area contributed by atoms with Gasteiger partial charge >= 0.3 is 0 Å². The highest BCUT2D eigenvalue weighted by molar-refractivity contribution is 5.89. The van der Waals surface area contributed by atoms with E-state index in [4.69, 9.17) is 0 Å². The van der Waals surface area contributed by atoms with Crippen molar-refractivity contribution in [1.29, 1.82) is 5.26 Å². The van der Waals surface area contributed by atoms with Crippen LogP contribution in [0.3, 0.4) is 0 Å². The zero-order valence-corrected chi connectivity index (χ0v) is 16.0. The van der Waals surface area contributed by atoms with Crippen molar-refractivity contribution in [2.24, 2.45) is 22.7 Å². The highest BCUT2D eigenvalue weighted by atomic mass is 16.1. The molecule has 3 rings (SSSR count). The van der Waals surface area contributed by atoms with Gasteiger partial charge in [0, 0.05) is 18.0 Å². The molecule has 134 valence electrons. The molecule has 2 aliphatic carbocycles. The first-order valence-electron chi connectivity index (χ1n) is 9.46. The quantitative estimate of drug-likeness (QED) is 0.819. The summed E-state index contributed by atoms with van der Waals surface area (Å²) in [7, 11) is 2.21. The smallest absolute Gasteiger partial charge is 0.155 e. The van der Waals surface area contributed by atoms with Gasteiger partial charge in [0.2, 0.25) is 0 Å². The average molecular weight is 338 g/mol. The predicted molar refractivity (Wildman–Crippen MR) is 99.7 cm³/mol. The normalized spacial score (nSPS) is 34.4. The molecule has 1 aromatic carbocycles. The Hall–Kier alpha value is -1.66. The number of benzene rings is 1. The summed E-state index contributed by atoms with van der Waals surface area (Å²) in [6.07, 6.45) is 4.02. The summed E-state index contributed by atoms with van der Waals surface area (Å²) in [5, 5.41) is 9.49. The van der Waals surface area contributed by atoms with Gasteiger partial charge in [0.15, 0.2) is 5.78 Å². The lowest BCUT2D eigenvalue weighted by Crippen LogP contribution is -2.56. The van der Waals surface area contributed by atoms with Crippen LogP contribution in [-0.4, -0.2) is 23.8 Å². The number of nitrogens with zero attached hydrogens (tertiary/aromatic N) is 2. The van der Waals surface area contributed by atoms with Crippen LogP contribution in [0, 0.1) is 34.0 Å². The van der Waals surface area contributed by atoms with Crippen molar-refractivity contribution in [3.63, 3.8) is 0 Å². The van der Waals surface area contributed by atoms with E-state index in [1.807, 2.05) is 0 Å². The Balaban J connectivity index is 1.77. The van der Waals surface area contributed by atoms with E-state index in [9.17, 15) is 10.1 Å². The van der Waals surface area contributed by atoms with E-state index >= 15 is 0 Å². The predicted octanol–water partition coefficient (Wildman–Crippen LogP) is 4.43. The summed E-state index contributed by atoms with van der Waals surface area (Å²) in [6, 6.07) is 13.4. The third kappa shape index (κ3) is 3.25. The molecule has 1 unspecified atom stereocenters. The molecule has 0 radical (unpaired) electrons. The monoisotopic (exact) mass is 338 g/mol. The lowest BCUT2D eigenvalue weighted by atomic mass is 9.48. The van der Waals surface area contributed by atoms with Gasteiger partial charge in [0.25, 0.3) is 0 Å². The molecular weight excluding hydrogens is 308 g/mol. The molecule has 1 aromatic rings. The van der Waals surface area contributed by atoms with E-state index < -0.39 is 5.92 Å². The maximum absolute atomic E-state index is 12.7. The molecule has 2 saturated carbocycles. The van der Waals surface area contributed by atoms with Crippen molar-refractivity contribution in [3.8, 4) is 6.07 Å². The zero-order chi connectivity index (χ0) is 18.2. The van der Waals surface area contributed by atoms with E-state index in [2.05, 4.69) is 69.1 Å². The third-order valence-electron chi connectivity index (χ3n) is 6.88. The van der Waals surface area contributed by atoms with Crippen molar-refractivity contribution in [1.82, 2.24) is 4.90 Å². The number of carbonyl (C=O) groups is 1. The second-order valence-electron chi connectivity index (χ2n) is 9.01. The van der Waals surface area contributed by atoms with Crippen molar-refractivity contribution in [3.05, 3.63) is 35.9 Å². The number of fused-ring (bicyclic) bond motifs is 1. The fraction of sp³-hybridized carbons (Fsp3) is 0.636. The molecule has 4 atom stereocenters. The van der Waals surface area contributed by atoms with Crippen molar-refractivity contribution < 1.29 is 4.79 Å². The minimum atomic E-state index is -0.436. The van der Waals surface area contributed by atoms with E-state index in [1.165, 1.54) is 5.56 Å². The van der Waals surface area contributed by atoms with E-state index in [1.54, 1.807) is 0 Å². The van der Waals surface area contributed by atoms with Crippen LogP contribution < -0.4 is 0 Å². The Kier molecular flexibility index (Phi) is 4.77. The maximum atomic E-state index is 12.7. The van der Waals surface area contributed by atoms with Gasteiger partial charge < -0.3 is 0 Å². The third-order valence-corrected chi connectivity index (χ3v) is 6.88. The Morgan fingerprint density at radius 1 is 1.16 bits per heavy atom. The molecule has 0 heterocycles. The topological polar surface area (TPSA) is 44.1 Å². The molecule has 0 amide bonds. The molecule has 0 spiro atoms. The number of hydrogen-bond acceptors (Lipinski definition) is 3. The number of ketones is 1. The van der Waals surface area contributed by atoms with Gasteiger partial charge in [-0.25, -0.2) is 0 Å². The van der Waals surface area contributed by atoms with Crippen molar-refractivity contribution in [2.75, 3.05) is 7.05 Å². The minimum absolute atomic E-state index is 0.0751. The lowest BCUT2D eigenvalue weighted by Gasteiger charge is -2.56. The lowest BCUT2D eigenvalue weighted by molar-refractivity contribution is -0.149. The second kappa shape index (κ2) is 6.57. The SMILES string of the molecule is CN(Cc1ccccc1)[C@H]1CC[C@H]2C(C)(C)C(=O)C(C#N)C[C@]2(C)C1. The van der Waals surface area contributed by atoms with Gasteiger partial charge in [-0.3, -0.25) is 9.69 Å². The molecule has 2 aliphatic rings. The molecule has 0 bridgehead atoms. The average Bonchev–Trinajstić information content (AvgIpc) is 2.58. The second-order valence-corrected chi connectivity index (χ2v) is 9.01. The fourth-order valence-corrected chi connectivity index (χ4v) is 5.61. The number of hydrogen-bond donors (Lipinski definition) is 0. The Morgan fingerprint density at radius 3 is 2.48 bits per heavy atom. The highest BCUT2D eigenvalue weighted by Crippen LogP contribution is 2.58. The summed E-state index contributed by atoms with van der Waals surface area (Å²) in [5.41, 5.74) is 1.04. The maximum Gasteiger partial charge on any atom is 0.155 e. The molecule has 3 nitrogen and oxygen atoms in total. The zero-order valence-electron chi connectivity index (χ0n) is 16.0. The number of Topliss-reactive ketones (excluding diaryl/α,β-unsaturated/α-hetero) is 1. The van der Waals surface area contributed by atoms with Gasteiger partial charge in [-0.1, -0.05) is 51.1 Å². The minimum Gasteiger partial charge on any atom is -0.299 e. The van der Waals surface area contributed by atoms with E-state index in [-0.39, 0.29) is 16.6 Å². The highest BCUT2D eigenvalue weighted by Gasteiger charge is 2.56. The van der Waals surface area contributed by atoms with Gasteiger partial charge in [-0.2, -0.15) is 5.26 Å². The van der Waals surface area contributed by atoms with Crippen LogP contribution in [0.4, 0.5) is 0 Å². The standard InChI is InChI=1S/C22H30N2O/c1-21(2)19-11-10-18(24(4)15-16-8-6-5-7-9-16)13-22(19,3)12-17(14-23)20(21)25/h5-9,17-19H,10-13,15H2,1-4H3/t17?,18-,19-,22+/m0/s1. The van der Waals surface area contributed by atoms with Crippen LogP contribution in [0.1, 0.15) is 52.0 Å². The van der Waals surface area contributed by atoms with Crippen molar-refractivity contribution in [2.45, 2.75) is 59.0 Å². The van der Waals surface area contributed by atoms with Crippen molar-refractivity contribution >= 4 is 5.78 Å². The largest absolute Gasteiger partial charge is 0.299 e. The number of rotatable bonds is 3. The summed E-state index contributed by atoms with van der Waals surface area (Å²) in [5.74, 6) is 0.112. The number of carbonyl (C=O) groups excluding carboxylic acids is 1. The molecule has 0 N–H and O–H groups in total. The molecular formula is C22H30N2O. The van der Waals surface area contributed by atoms with Gasteiger partial charge in [-0.05, 0) is 49.6 Å². The van der Waals surface area contributed by atoms with Crippen LogP contribution >= 0.6 is 0 Å². The summed E-state index contributed by atoms with van der Waals surface area (Å²) in [4.78, 5) is 15.2. The van der Waals surface area contributed by atoms with Gasteiger partial charge in [-0.15, -0.1) is 0 Å². The Morgan fingerprint density at radius 2 is 1.84 bits per heavy atom. The first-order chi connectivity index (χ1) is 11.8. The molecule has 3 heteroatoms. The Labute approximate surface area is 152 Å². The van der Waals surface area contributed by atoms with E-state index in [0.717, 1.165) is 32.2 Å². The first-order valence-corrected chi connectivity index (χ1v) is 9.46. The molecule has 2 fully saturated rings. The first kappa shape index (κ1) is 18.1. The van der Waals surface area contributed by atoms with Crippen LogP contribution in [0.2, 0.25) is 0 Å². The molecule has 0 aliphatic heterocycles. The molecule has 25 heavy (non-hydrogen) atoms. The molecule has 0 aromatic heterocycles. The van der Waals surface area contributed by atoms with Crippen LogP contribution in [-0.2, 0) is 11.3 Å².